The maximum absolute atomic E-state index is 11.6. The van der Waals surface area contributed by atoms with Gasteiger partial charge >= 0.3 is 6.09 Å². The Kier molecular flexibility index (Phi) is 7.54. The lowest BCUT2D eigenvalue weighted by molar-refractivity contribution is 0.0529. The number of nitrogens with zero attached hydrogens (tertiary/aromatic N) is 1. The van der Waals surface area contributed by atoms with Crippen LogP contribution < -0.4 is 16.0 Å². The van der Waals surface area contributed by atoms with Crippen LogP contribution in [0.5, 0.6) is 0 Å². The van der Waals surface area contributed by atoms with Crippen LogP contribution in [-0.2, 0) is 10.2 Å². The summed E-state index contributed by atoms with van der Waals surface area (Å²) in [7, 11) is 1.73. The molecule has 3 N–H and O–H groups in total. The van der Waals surface area contributed by atoms with Crippen molar-refractivity contribution in [2.45, 2.75) is 45.6 Å². The van der Waals surface area contributed by atoms with Crippen molar-refractivity contribution in [2.75, 3.05) is 26.7 Å². The molecule has 136 valence electrons. The van der Waals surface area contributed by atoms with Crippen LogP contribution >= 0.6 is 11.3 Å². The van der Waals surface area contributed by atoms with E-state index in [1.165, 1.54) is 4.88 Å². The molecule has 7 heteroatoms. The summed E-state index contributed by atoms with van der Waals surface area (Å²) in [6.45, 7) is 11.7. The molecule has 0 bridgehead atoms. The van der Waals surface area contributed by atoms with Crippen molar-refractivity contribution in [3.63, 3.8) is 0 Å². The largest absolute Gasteiger partial charge is 0.444 e. The van der Waals surface area contributed by atoms with E-state index in [1.54, 1.807) is 18.4 Å². The Bertz CT molecular complexity index is 533. The normalized spacial score (nSPS) is 12.7. The second kappa shape index (κ2) is 8.92. The third-order valence-corrected chi connectivity index (χ3v) is 4.43. The Morgan fingerprint density at radius 3 is 2.38 bits per heavy atom. The summed E-state index contributed by atoms with van der Waals surface area (Å²) in [5.41, 5.74) is -0.455. The molecule has 0 atom stereocenters. The average Bonchev–Trinajstić information content (AvgIpc) is 2.99. The number of nitrogens with one attached hydrogen (secondary N) is 3. The van der Waals surface area contributed by atoms with Crippen LogP contribution in [0, 0.1) is 0 Å². The monoisotopic (exact) mass is 354 g/mol. The molecule has 0 saturated heterocycles. The highest BCUT2D eigenvalue weighted by molar-refractivity contribution is 7.10. The Labute approximate surface area is 149 Å². The van der Waals surface area contributed by atoms with Crippen LogP contribution in [-0.4, -0.2) is 44.3 Å². The quantitative estimate of drug-likeness (QED) is 0.417. The van der Waals surface area contributed by atoms with Gasteiger partial charge in [-0.15, -0.1) is 11.3 Å². The first-order valence-electron chi connectivity index (χ1n) is 8.09. The van der Waals surface area contributed by atoms with E-state index in [1.807, 2.05) is 20.8 Å². The summed E-state index contributed by atoms with van der Waals surface area (Å²) < 4.78 is 5.18. The predicted molar refractivity (Wildman–Crippen MR) is 101 cm³/mol. The van der Waals surface area contributed by atoms with E-state index in [2.05, 4.69) is 52.3 Å². The molecule has 0 aliphatic heterocycles. The van der Waals surface area contributed by atoms with Gasteiger partial charge in [-0.2, -0.15) is 0 Å². The molecule has 1 heterocycles. The van der Waals surface area contributed by atoms with Crippen LogP contribution in [0.25, 0.3) is 0 Å². The molecule has 1 amide bonds. The van der Waals surface area contributed by atoms with Gasteiger partial charge < -0.3 is 20.7 Å². The number of ether oxygens (including phenoxy) is 1. The summed E-state index contributed by atoms with van der Waals surface area (Å²) >= 11 is 1.76. The van der Waals surface area contributed by atoms with Crippen LogP contribution in [0.15, 0.2) is 22.5 Å². The minimum absolute atomic E-state index is 0.0283. The highest BCUT2D eigenvalue weighted by Gasteiger charge is 2.22. The van der Waals surface area contributed by atoms with Gasteiger partial charge in [-0.05, 0) is 32.2 Å². The molecule has 0 aliphatic rings. The molecular formula is C17H30N4O2S. The maximum atomic E-state index is 11.6. The number of guanidine groups is 1. The Morgan fingerprint density at radius 2 is 1.83 bits per heavy atom. The van der Waals surface area contributed by atoms with Crippen LogP contribution in [0.1, 0.15) is 39.5 Å². The second-order valence-electron chi connectivity index (χ2n) is 7.14. The molecule has 1 aromatic rings. The maximum Gasteiger partial charge on any atom is 0.407 e. The van der Waals surface area contributed by atoms with Crippen LogP contribution in [0.3, 0.4) is 0 Å². The molecule has 6 nitrogen and oxygen atoms in total. The Morgan fingerprint density at radius 1 is 1.17 bits per heavy atom. The van der Waals surface area contributed by atoms with E-state index < -0.39 is 11.7 Å². The van der Waals surface area contributed by atoms with Crippen molar-refractivity contribution >= 4 is 23.4 Å². The molecule has 0 saturated carbocycles. The molecule has 0 aliphatic carbocycles. The zero-order valence-electron chi connectivity index (χ0n) is 15.5. The fourth-order valence-corrected chi connectivity index (χ4v) is 2.79. The predicted octanol–water partition coefficient (Wildman–Crippen LogP) is 2.72. The number of alkyl carbamates (subject to hydrolysis) is 1. The van der Waals surface area contributed by atoms with Gasteiger partial charge in [0.15, 0.2) is 5.96 Å². The van der Waals surface area contributed by atoms with Gasteiger partial charge in [-0.3, -0.25) is 4.99 Å². The third-order valence-electron chi connectivity index (χ3n) is 3.20. The lowest BCUT2D eigenvalue weighted by Gasteiger charge is -2.25. The van der Waals surface area contributed by atoms with Crippen molar-refractivity contribution in [3.05, 3.63) is 22.4 Å². The standard InChI is InChI=1S/C17H30N4O2S/c1-16(2,3)23-15(22)20-10-9-19-14(18-6)21-12-17(4,5)13-8-7-11-24-13/h7-8,11H,9-10,12H2,1-6H3,(H,20,22)(H2,18,19,21). The topological polar surface area (TPSA) is 74.8 Å². The molecule has 1 rings (SSSR count). The lowest BCUT2D eigenvalue weighted by Crippen LogP contribution is -2.45. The Balaban J connectivity index is 2.30. The lowest BCUT2D eigenvalue weighted by atomic mass is 9.91. The van der Waals surface area contributed by atoms with E-state index in [4.69, 9.17) is 4.74 Å². The van der Waals surface area contributed by atoms with E-state index >= 15 is 0 Å². The van der Waals surface area contributed by atoms with Gasteiger partial charge in [-0.25, -0.2) is 4.79 Å². The molecule has 1 aromatic heterocycles. The molecule has 0 radical (unpaired) electrons. The molecule has 0 fully saturated rings. The van der Waals surface area contributed by atoms with Crippen molar-refractivity contribution in [1.29, 1.82) is 0 Å². The number of amides is 1. The third kappa shape index (κ3) is 7.68. The van der Waals surface area contributed by atoms with Gasteiger partial charge in [-0.1, -0.05) is 19.9 Å². The van der Waals surface area contributed by atoms with Gasteiger partial charge in [0, 0.05) is 37.0 Å². The molecule has 0 unspecified atom stereocenters. The number of carbonyl (C=O) groups is 1. The van der Waals surface area contributed by atoms with Crippen LogP contribution in [0.2, 0.25) is 0 Å². The smallest absolute Gasteiger partial charge is 0.407 e. The zero-order chi connectivity index (χ0) is 18.2. The van der Waals surface area contributed by atoms with E-state index in [-0.39, 0.29) is 5.41 Å². The summed E-state index contributed by atoms with van der Waals surface area (Å²) in [4.78, 5) is 17.1. The Hall–Kier alpha value is -1.76. The number of aliphatic imine (C=N–C) groups is 1. The van der Waals surface area contributed by atoms with Gasteiger partial charge in [0.25, 0.3) is 0 Å². The number of hydrogen-bond donors (Lipinski definition) is 3. The average molecular weight is 355 g/mol. The van der Waals surface area contributed by atoms with Crippen molar-refractivity contribution in [3.8, 4) is 0 Å². The first kappa shape index (κ1) is 20.3. The number of thiophene rings is 1. The molecule has 24 heavy (non-hydrogen) atoms. The van der Waals surface area contributed by atoms with Crippen molar-refractivity contribution in [2.24, 2.45) is 4.99 Å². The van der Waals surface area contributed by atoms with E-state index in [9.17, 15) is 4.79 Å². The van der Waals surface area contributed by atoms with Gasteiger partial charge in [0.05, 0.1) is 0 Å². The molecule has 0 spiro atoms. The highest BCUT2D eigenvalue weighted by Crippen LogP contribution is 2.26. The van der Waals surface area contributed by atoms with Crippen LogP contribution in [0.4, 0.5) is 4.79 Å². The molecule has 0 aromatic carbocycles. The van der Waals surface area contributed by atoms with Crippen molar-refractivity contribution < 1.29 is 9.53 Å². The number of carbonyl (C=O) groups excluding carboxylic acids is 1. The van der Waals surface area contributed by atoms with Gasteiger partial charge in [0.1, 0.15) is 5.60 Å². The van der Waals surface area contributed by atoms with E-state index in [0.29, 0.717) is 19.0 Å². The highest BCUT2D eigenvalue weighted by atomic mass is 32.1. The zero-order valence-corrected chi connectivity index (χ0v) is 16.3. The minimum atomic E-state index is -0.484. The van der Waals surface area contributed by atoms with Gasteiger partial charge in [0.2, 0.25) is 0 Å². The molecular weight excluding hydrogens is 324 g/mol. The summed E-state index contributed by atoms with van der Waals surface area (Å²) in [6, 6.07) is 4.21. The summed E-state index contributed by atoms with van der Waals surface area (Å²) in [5.74, 6) is 0.714. The fourth-order valence-electron chi connectivity index (χ4n) is 1.94. The minimum Gasteiger partial charge on any atom is -0.444 e. The SMILES string of the molecule is CN=C(NCCNC(=O)OC(C)(C)C)NCC(C)(C)c1cccs1. The summed E-state index contributed by atoms with van der Waals surface area (Å²) in [6.07, 6.45) is -0.411. The number of hydrogen-bond acceptors (Lipinski definition) is 4. The fraction of sp³-hybridized carbons (Fsp3) is 0.647. The first-order valence-corrected chi connectivity index (χ1v) is 8.97. The number of rotatable bonds is 6. The summed E-state index contributed by atoms with van der Waals surface area (Å²) in [5, 5.41) is 11.3. The first-order chi connectivity index (χ1) is 11.1. The van der Waals surface area contributed by atoms with E-state index in [0.717, 1.165) is 6.54 Å². The van der Waals surface area contributed by atoms with Crippen molar-refractivity contribution in [1.82, 2.24) is 16.0 Å². The second-order valence-corrected chi connectivity index (χ2v) is 8.09.